The molecule has 6 heteroatoms. The summed E-state index contributed by atoms with van der Waals surface area (Å²) in [7, 11) is 0. The maximum atomic E-state index is 12.2. The second-order valence-electron chi connectivity index (χ2n) is 7.05. The molecule has 3 aromatic rings. The topological polar surface area (TPSA) is 67.9 Å². The summed E-state index contributed by atoms with van der Waals surface area (Å²) in [5, 5.41) is 3.98. The largest absolute Gasteiger partial charge is 0.453 e. The monoisotopic (exact) mass is 352 g/mol. The molecule has 0 radical (unpaired) electrons. The Morgan fingerprint density at radius 1 is 1.08 bits per heavy atom. The summed E-state index contributed by atoms with van der Waals surface area (Å²) < 4.78 is 16.7. The minimum absolute atomic E-state index is 0.162. The minimum Gasteiger partial charge on any atom is -0.453 e. The molecule has 3 aliphatic heterocycles. The molecule has 6 rings (SSSR count). The Balaban J connectivity index is 1.26. The van der Waals surface area contributed by atoms with Gasteiger partial charge in [0.25, 0.3) is 5.95 Å². The molecule has 0 spiro atoms. The zero-order valence-electron chi connectivity index (χ0n) is 14.3. The van der Waals surface area contributed by atoms with Crippen molar-refractivity contribution in [3.63, 3.8) is 0 Å². The number of amides is 1. The van der Waals surface area contributed by atoms with Crippen LogP contribution < -0.4 is 10.1 Å². The van der Waals surface area contributed by atoms with E-state index in [0.717, 1.165) is 43.4 Å². The molecule has 3 saturated heterocycles. The molecule has 6 nitrogen and oxygen atoms in total. The normalized spacial score (nSPS) is 24.7. The number of nitrogens with one attached hydrogen (secondary N) is 1. The van der Waals surface area contributed by atoms with Gasteiger partial charge in [0, 0.05) is 24.0 Å². The average molecular weight is 352 g/mol. The molecule has 1 atom stereocenters. The minimum atomic E-state index is -0.464. The van der Waals surface area contributed by atoms with Crippen molar-refractivity contribution in [3.8, 4) is 17.5 Å². The van der Waals surface area contributed by atoms with Gasteiger partial charge in [-0.15, -0.1) is 0 Å². The van der Waals surface area contributed by atoms with Crippen LogP contribution in [0, 0.1) is 5.92 Å². The summed E-state index contributed by atoms with van der Waals surface area (Å²) in [6, 6.07) is 13.2. The average Bonchev–Trinajstić information content (AvgIpc) is 3.29. The van der Waals surface area contributed by atoms with Crippen LogP contribution in [0.5, 0.6) is 5.95 Å². The predicted molar refractivity (Wildman–Crippen MR) is 96.0 cm³/mol. The van der Waals surface area contributed by atoms with Crippen molar-refractivity contribution in [3.05, 3.63) is 42.5 Å². The van der Waals surface area contributed by atoms with Crippen LogP contribution in [0.25, 0.3) is 22.5 Å². The smallest absolute Gasteiger partial charge is 0.415 e. The Morgan fingerprint density at radius 3 is 2.69 bits per heavy atom. The molecule has 26 heavy (non-hydrogen) atoms. The van der Waals surface area contributed by atoms with E-state index in [-0.39, 0.29) is 12.0 Å². The van der Waals surface area contributed by atoms with Gasteiger partial charge in [0.05, 0.1) is 0 Å². The van der Waals surface area contributed by atoms with Crippen molar-refractivity contribution in [2.24, 2.45) is 5.92 Å². The number of ether oxygens (including phenoxy) is 1. The van der Waals surface area contributed by atoms with Gasteiger partial charge >= 0.3 is 6.09 Å². The number of furan rings is 2. The molecular formula is C20H20N2O4. The Kier molecular flexibility index (Phi) is 3.71. The number of para-hydroxylation sites is 1. The summed E-state index contributed by atoms with van der Waals surface area (Å²) in [6.07, 6.45) is 1.82. The molecule has 1 amide bonds. The summed E-state index contributed by atoms with van der Waals surface area (Å²) >= 11 is 0. The number of hydrogen-bond acceptors (Lipinski definition) is 5. The summed E-state index contributed by atoms with van der Waals surface area (Å²) in [6.45, 7) is 3.18. The molecule has 2 bridgehead atoms. The summed E-state index contributed by atoms with van der Waals surface area (Å²) in [5.74, 6) is 1.86. The number of fused-ring (bicyclic) bond motifs is 4. The summed E-state index contributed by atoms with van der Waals surface area (Å²) in [4.78, 5) is 14.6. The first-order valence-electron chi connectivity index (χ1n) is 9.04. The zero-order valence-corrected chi connectivity index (χ0v) is 14.3. The van der Waals surface area contributed by atoms with Gasteiger partial charge in [-0.25, -0.2) is 4.79 Å². The van der Waals surface area contributed by atoms with E-state index in [1.807, 2.05) is 30.3 Å². The third-order valence-corrected chi connectivity index (χ3v) is 5.40. The van der Waals surface area contributed by atoms with Gasteiger partial charge in [0.1, 0.15) is 5.58 Å². The van der Waals surface area contributed by atoms with E-state index in [9.17, 15) is 4.79 Å². The fraction of sp³-hybridized carbons (Fsp3) is 0.350. The van der Waals surface area contributed by atoms with Crippen LogP contribution >= 0.6 is 0 Å². The Bertz CT molecular complexity index is 903. The van der Waals surface area contributed by atoms with Crippen LogP contribution in [0.15, 0.2) is 51.3 Å². The number of piperidine rings is 3. The van der Waals surface area contributed by atoms with Gasteiger partial charge in [-0.05, 0) is 50.0 Å². The Hall–Kier alpha value is -2.73. The van der Waals surface area contributed by atoms with E-state index < -0.39 is 6.09 Å². The van der Waals surface area contributed by atoms with Gasteiger partial charge in [-0.3, -0.25) is 0 Å². The lowest BCUT2D eigenvalue weighted by Crippen LogP contribution is -2.57. The van der Waals surface area contributed by atoms with Crippen molar-refractivity contribution >= 4 is 17.1 Å². The molecule has 0 aliphatic carbocycles. The van der Waals surface area contributed by atoms with E-state index in [0.29, 0.717) is 17.4 Å². The molecule has 1 aromatic carbocycles. The first kappa shape index (κ1) is 15.5. The molecule has 5 heterocycles. The van der Waals surface area contributed by atoms with Gasteiger partial charge in [-0.1, -0.05) is 18.2 Å². The highest BCUT2D eigenvalue weighted by Crippen LogP contribution is 2.31. The number of nitrogens with zero attached hydrogens (tertiary/aromatic N) is 1. The maximum absolute atomic E-state index is 12.2. The Labute approximate surface area is 150 Å². The van der Waals surface area contributed by atoms with Crippen molar-refractivity contribution in [2.45, 2.75) is 18.9 Å². The first-order chi connectivity index (χ1) is 12.7. The van der Waals surface area contributed by atoms with Gasteiger partial charge in [0.2, 0.25) is 0 Å². The van der Waals surface area contributed by atoms with Gasteiger partial charge < -0.3 is 23.8 Å². The molecular weight excluding hydrogens is 332 g/mol. The number of carbonyl (C=O) groups excluding carboxylic acids is 1. The number of carbonyl (C=O) groups is 1. The van der Waals surface area contributed by atoms with Crippen LogP contribution in [0.1, 0.15) is 12.8 Å². The molecule has 1 N–H and O–H groups in total. The van der Waals surface area contributed by atoms with E-state index in [1.54, 1.807) is 12.1 Å². The molecule has 2 aromatic heterocycles. The van der Waals surface area contributed by atoms with E-state index in [4.69, 9.17) is 13.6 Å². The van der Waals surface area contributed by atoms with Crippen molar-refractivity contribution in [2.75, 3.05) is 19.6 Å². The van der Waals surface area contributed by atoms with Crippen molar-refractivity contribution in [1.82, 2.24) is 10.2 Å². The van der Waals surface area contributed by atoms with Crippen LogP contribution in [0.2, 0.25) is 0 Å². The number of rotatable bonds is 3. The van der Waals surface area contributed by atoms with Crippen LogP contribution in [-0.2, 0) is 0 Å². The number of benzene rings is 1. The van der Waals surface area contributed by atoms with Crippen molar-refractivity contribution in [1.29, 1.82) is 0 Å². The third-order valence-electron chi connectivity index (χ3n) is 5.40. The second-order valence-corrected chi connectivity index (χ2v) is 7.05. The SMILES string of the molecule is O=C(N[C@H]1CN2CCC1CC2)Oc1ccc(-c2cc3ccccc3o2)o1. The summed E-state index contributed by atoms with van der Waals surface area (Å²) in [5.41, 5.74) is 0.793. The molecule has 3 fully saturated rings. The first-order valence-corrected chi connectivity index (χ1v) is 9.04. The molecule has 0 unspecified atom stereocenters. The standard InChI is InChI=1S/C20H20N2O4/c23-20(21-15-12-22-9-7-13(15)8-10-22)26-19-6-5-17(25-19)18-11-14-3-1-2-4-16(14)24-18/h1-6,11,13,15H,7-10,12H2,(H,21,23)/t15-/m0/s1. The van der Waals surface area contributed by atoms with E-state index in [2.05, 4.69) is 10.2 Å². The maximum Gasteiger partial charge on any atom is 0.415 e. The van der Waals surface area contributed by atoms with E-state index >= 15 is 0 Å². The lowest BCUT2D eigenvalue weighted by molar-refractivity contribution is 0.0715. The predicted octanol–water partition coefficient (Wildman–Crippen LogP) is 3.88. The van der Waals surface area contributed by atoms with Crippen LogP contribution in [-0.4, -0.2) is 36.7 Å². The third kappa shape index (κ3) is 2.86. The molecule has 134 valence electrons. The van der Waals surface area contributed by atoms with Crippen LogP contribution in [0.4, 0.5) is 4.79 Å². The van der Waals surface area contributed by atoms with Crippen molar-refractivity contribution < 1.29 is 18.4 Å². The lowest BCUT2D eigenvalue weighted by Gasteiger charge is -2.44. The molecule has 3 aliphatic rings. The van der Waals surface area contributed by atoms with Gasteiger partial charge in [0.15, 0.2) is 11.5 Å². The lowest BCUT2D eigenvalue weighted by atomic mass is 9.84. The highest BCUT2D eigenvalue weighted by atomic mass is 16.6. The number of hydrogen-bond donors (Lipinski definition) is 1. The van der Waals surface area contributed by atoms with E-state index in [1.165, 1.54) is 0 Å². The van der Waals surface area contributed by atoms with Crippen LogP contribution in [0.3, 0.4) is 0 Å². The zero-order chi connectivity index (χ0) is 17.5. The van der Waals surface area contributed by atoms with Gasteiger partial charge in [-0.2, -0.15) is 0 Å². The molecule has 0 saturated carbocycles. The second kappa shape index (κ2) is 6.21. The fourth-order valence-corrected chi connectivity index (χ4v) is 4.01. The highest BCUT2D eigenvalue weighted by molar-refractivity contribution is 5.81. The Morgan fingerprint density at radius 2 is 1.92 bits per heavy atom. The quantitative estimate of drug-likeness (QED) is 0.775. The fourth-order valence-electron chi connectivity index (χ4n) is 4.01. The highest BCUT2D eigenvalue weighted by Gasteiger charge is 2.35.